The van der Waals surface area contributed by atoms with E-state index in [9.17, 15) is 24.5 Å². The minimum absolute atomic E-state index is 0.0198. The number of azide groups is 1. The largest absolute Gasteiger partial charge is 0.478 e. The van der Waals surface area contributed by atoms with Gasteiger partial charge >= 0.3 is 25.5 Å². The SMILES string of the molecule is CCOc1ccn([C@@H]2O[C@@](CO[P@@]3(=O)OCC[C@@H](c4cccc(Cl)c4)O3)(N=[N+]=[N-])[C@@H](OC(=O)CC)[C@H]2OC(=O)CC)c(=O)n1. The summed E-state index contributed by atoms with van der Waals surface area (Å²) >= 11 is 6.10. The van der Waals surface area contributed by atoms with Crippen LogP contribution in [0.1, 0.15) is 57.9 Å². The normalized spacial score (nSPS) is 28.1. The predicted molar refractivity (Wildman–Crippen MR) is 151 cm³/mol. The van der Waals surface area contributed by atoms with Crippen LogP contribution in [0.25, 0.3) is 10.4 Å². The lowest BCUT2D eigenvalue weighted by atomic mass is 10.0. The Morgan fingerprint density at radius 3 is 2.64 bits per heavy atom. The van der Waals surface area contributed by atoms with Gasteiger partial charge in [-0.25, -0.2) is 9.36 Å². The maximum atomic E-state index is 13.6. The fourth-order valence-corrected chi connectivity index (χ4v) is 6.11. The summed E-state index contributed by atoms with van der Waals surface area (Å²) in [7, 11) is -4.36. The molecule has 0 saturated carbocycles. The quantitative estimate of drug-likeness (QED) is 0.0998. The van der Waals surface area contributed by atoms with Gasteiger partial charge in [-0.1, -0.05) is 42.7 Å². The van der Waals surface area contributed by atoms with Gasteiger partial charge < -0.3 is 18.9 Å². The summed E-state index contributed by atoms with van der Waals surface area (Å²) in [4.78, 5) is 44.8. The van der Waals surface area contributed by atoms with E-state index in [2.05, 4.69) is 15.0 Å². The van der Waals surface area contributed by atoms with E-state index in [0.717, 1.165) is 4.57 Å². The maximum Gasteiger partial charge on any atom is 0.475 e. The first-order chi connectivity index (χ1) is 21.1. The fourth-order valence-electron chi connectivity index (χ4n) is 4.51. The van der Waals surface area contributed by atoms with Crippen LogP contribution in [0.2, 0.25) is 5.02 Å². The second kappa shape index (κ2) is 14.5. The van der Waals surface area contributed by atoms with Crippen molar-refractivity contribution in [1.82, 2.24) is 9.55 Å². The Labute approximate surface area is 256 Å². The topological polar surface area (TPSA) is 199 Å². The first kappa shape index (κ1) is 33.4. The van der Waals surface area contributed by atoms with E-state index in [1.165, 1.54) is 26.1 Å². The molecule has 44 heavy (non-hydrogen) atoms. The molecule has 2 aromatic rings. The van der Waals surface area contributed by atoms with Gasteiger partial charge in [0.05, 0.1) is 25.9 Å². The van der Waals surface area contributed by atoms with Crippen molar-refractivity contribution >= 4 is 31.4 Å². The van der Waals surface area contributed by atoms with Crippen LogP contribution in [-0.4, -0.2) is 59.2 Å². The van der Waals surface area contributed by atoms with Crippen molar-refractivity contribution in [3.8, 4) is 5.88 Å². The molecular formula is C26H31ClN5O11P. The number of rotatable bonds is 12. The molecule has 0 aliphatic carbocycles. The third-order valence-corrected chi connectivity index (χ3v) is 8.26. The Hall–Kier alpha value is -3.49. The van der Waals surface area contributed by atoms with Gasteiger partial charge in [0, 0.05) is 41.5 Å². The highest BCUT2D eigenvalue weighted by molar-refractivity contribution is 7.48. The van der Waals surface area contributed by atoms with Gasteiger partial charge in [-0.2, -0.15) is 4.98 Å². The third kappa shape index (κ3) is 7.59. The number of hydrogen-bond acceptors (Lipinski definition) is 13. The van der Waals surface area contributed by atoms with E-state index in [0.29, 0.717) is 17.0 Å². The number of aromatic nitrogens is 2. The van der Waals surface area contributed by atoms with Crippen molar-refractivity contribution < 1.29 is 46.7 Å². The Kier molecular flexibility index (Phi) is 11.0. The molecule has 2 saturated heterocycles. The van der Waals surface area contributed by atoms with Crippen LogP contribution in [0.3, 0.4) is 0 Å². The summed E-state index contributed by atoms with van der Waals surface area (Å²) in [6.45, 7) is 4.08. The predicted octanol–water partition coefficient (Wildman–Crippen LogP) is 4.78. The number of carbonyl (C=O) groups is 2. The lowest BCUT2D eigenvalue weighted by Crippen LogP contribution is -2.49. The number of esters is 2. The minimum atomic E-state index is -4.36. The Bertz CT molecular complexity index is 1520. The molecule has 0 unspecified atom stereocenters. The van der Waals surface area contributed by atoms with Gasteiger partial charge in [-0.15, -0.1) is 0 Å². The summed E-state index contributed by atoms with van der Waals surface area (Å²) in [6.07, 6.45) is -4.12. The minimum Gasteiger partial charge on any atom is -0.478 e. The number of carbonyl (C=O) groups excluding carboxylic acids is 2. The highest BCUT2D eigenvalue weighted by atomic mass is 35.5. The van der Waals surface area contributed by atoms with Gasteiger partial charge in [0.25, 0.3) is 0 Å². The van der Waals surface area contributed by atoms with E-state index in [4.69, 9.17) is 44.1 Å². The highest BCUT2D eigenvalue weighted by Crippen LogP contribution is 2.58. The molecule has 1 aromatic carbocycles. The van der Waals surface area contributed by atoms with Gasteiger partial charge in [-0.3, -0.25) is 27.7 Å². The third-order valence-electron chi connectivity index (χ3n) is 6.57. The smallest absolute Gasteiger partial charge is 0.475 e. The molecule has 2 fully saturated rings. The van der Waals surface area contributed by atoms with Crippen LogP contribution in [-0.2, 0) is 41.9 Å². The van der Waals surface area contributed by atoms with E-state index < -0.39 is 62.3 Å². The molecule has 0 amide bonds. The lowest BCUT2D eigenvalue weighted by molar-refractivity contribution is -0.173. The first-order valence-corrected chi connectivity index (χ1v) is 15.6. The summed E-state index contributed by atoms with van der Waals surface area (Å²) in [5, 5.41) is 4.16. The Morgan fingerprint density at radius 2 is 1.98 bits per heavy atom. The average Bonchev–Trinajstić information content (AvgIpc) is 3.28. The molecule has 1 aromatic heterocycles. The van der Waals surface area contributed by atoms with E-state index in [1.807, 2.05) is 0 Å². The zero-order valence-corrected chi connectivity index (χ0v) is 25.7. The monoisotopic (exact) mass is 655 g/mol. The summed E-state index contributed by atoms with van der Waals surface area (Å²) in [5.74, 6) is -1.52. The molecule has 0 radical (unpaired) electrons. The number of benzene rings is 1. The molecule has 0 N–H and O–H groups in total. The number of hydrogen-bond donors (Lipinski definition) is 0. The van der Waals surface area contributed by atoms with Crippen molar-refractivity contribution in [2.75, 3.05) is 19.8 Å². The van der Waals surface area contributed by atoms with Gasteiger partial charge in [0.15, 0.2) is 18.4 Å². The molecule has 4 rings (SSSR count). The molecule has 2 aliphatic heterocycles. The lowest BCUT2D eigenvalue weighted by Gasteiger charge is -2.33. The Balaban J connectivity index is 1.72. The molecule has 0 bridgehead atoms. The number of phosphoric acid groups is 1. The van der Waals surface area contributed by atoms with E-state index in [1.54, 1.807) is 31.2 Å². The molecular weight excluding hydrogens is 625 g/mol. The van der Waals surface area contributed by atoms with Crippen LogP contribution < -0.4 is 10.4 Å². The van der Waals surface area contributed by atoms with Crippen LogP contribution in [0.4, 0.5) is 0 Å². The standard InChI is InChI=1S/C26H31ClN5O11P/c1-4-20(33)40-22-23(41-21(34)5-2)26(30-31-28,42-24(22)32-12-10-19(37-6-3)29-25(32)35)15-39-44(36)38-13-11-18(43-44)16-8-7-9-17(27)14-16/h7-10,12,14,18,22-24H,4-6,11,13,15H2,1-3H3/t18-,22+,23-,24+,26+,44+/m0/s1. The fraction of sp³-hybridized carbons (Fsp3) is 0.538. The average molecular weight is 656 g/mol. The number of phosphoric ester groups is 1. The van der Waals surface area contributed by atoms with E-state index >= 15 is 0 Å². The molecule has 6 atom stereocenters. The number of halogens is 1. The van der Waals surface area contributed by atoms with Gasteiger partial charge in [0.1, 0.15) is 0 Å². The summed E-state index contributed by atoms with van der Waals surface area (Å²) in [5.41, 5.74) is 6.99. The van der Waals surface area contributed by atoms with Crippen molar-refractivity contribution in [3.05, 3.63) is 68.0 Å². The van der Waals surface area contributed by atoms with E-state index in [-0.39, 0.29) is 31.9 Å². The number of nitrogens with zero attached hydrogens (tertiary/aromatic N) is 5. The second-order valence-corrected chi connectivity index (χ2v) is 11.6. The summed E-state index contributed by atoms with van der Waals surface area (Å²) in [6, 6.07) is 8.11. The van der Waals surface area contributed by atoms with Gasteiger partial charge in [0.2, 0.25) is 11.6 Å². The van der Waals surface area contributed by atoms with Crippen LogP contribution in [0.15, 0.2) is 46.4 Å². The van der Waals surface area contributed by atoms with Crippen molar-refractivity contribution in [2.24, 2.45) is 5.11 Å². The van der Waals surface area contributed by atoms with Crippen molar-refractivity contribution in [1.29, 1.82) is 0 Å². The van der Waals surface area contributed by atoms with Gasteiger partial charge in [-0.05, 0) is 30.2 Å². The second-order valence-electron chi connectivity index (χ2n) is 9.49. The zero-order chi connectivity index (χ0) is 31.9. The van der Waals surface area contributed by atoms with Crippen molar-refractivity contribution in [2.45, 2.75) is 70.3 Å². The molecule has 0 spiro atoms. The molecule has 16 nitrogen and oxygen atoms in total. The first-order valence-electron chi connectivity index (χ1n) is 13.7. The highest BCUT2D eigenvalue weighted by Gasteiger charge is 2.61. The van der Waals surface area contributed by atoms with Crippen LogP contribution >= 0.6 is 19.4 Å². The molecule has 18 heteroatoms. The number of ether oxygens (including phenoxy) is 4. The van der Waals surface area contributed by atoms with Crippen LogP contribution in [0.5, 0.6) is 5.88 Å². The van der Waals surface area contributed by atoms with Crippen LogP contribution in [0, 0.1) is 0 Å². The molecule has 238 valence electrons. The summed E-state index contributed by atoms with van der Waals surface area (Å²) < 4.78 is 53.8. The molecule has 2 aliphatic rings. The Morgan fingerprint density at radius 1 is 1.23 bits per heavy atom. The maximum absolute atomic E-state index is 13.6. The van der Waals surface area contributed by atoms with Crippen molar-refractivity contribution in [3.63, 3.8) is 0 Å². The zero-order valence-electron chi connectivity index (χ0n) is 24.1. The molecule has 3 heterocycles.